The highest BCUT2D eigenvalue weighted by Crippen LogP contribution is 2.24. The number of hydrogen-bond donors (Lipinski definition) is 1. The molecule has 2 aromatic rings. The highest BCUT2D eigenvalue weighted by atomic mass is 16.5. The first-order valence-electron chi connectivity index (χ1n) is 11.5. The van der Waals surface area contributed by atoms with Crippen molar-refractivity contribution >= 4 is 5.91 Å². The molecule has 0 atom stereocenters. The second-order valence-electron chi connectivity index (χ2n) is 9.00. The van der Waals surface area contributed by atoms with Gasteiger partial charge in [-0.05, 0) is 76.6 Å². The Morgan fingerprint density at radius 1 is 1.00 bits per heavy atom. The summed E-state index contributed by atoms with van der Waals surface area (Å²) >= 11 is 0. The molecule has 0 fully saturated rings. The number of hydrogen-bond acceptors (Lipinski definition) is 4. The van der Waals surface area contributed by atoms with Gasteiger partial charge in [0.05, 0.1) is 19.5 Å². The quantitative estimate of drug-likeness (QED) is 0.394. The van der Waals surface area contributed by atoms with Crippen molar-refractivity contribution < 1.29 is 14.3 Å². The molecule has 0 bridgehead atoms. The van der Waals surface area contributed by atoms with Crippen molar-refractivity contribution in [3.05, 3.63) is 43.0 Å². The van der Waals surface area contributed by atoms with Gasteiger partial charge in [0, 0.05) is 30.4 Å². The third kappa shape index (κ3) is 9.90. The SMILES string of the molecule is CC(C)NC(=O)C(C)(C)CCCCOc1ccc(OCCCCCn2ccnc2)cc1. The fraction of sp³-hybridized carbons (Fsp3) is 0.600. The van der Waals surface area contributed by atoms with E-state index < -0.39 is 0 Å². The lowest BCUT2D eigenvalue weighted by atomic mass is 9.86. The Balaban J connectivity index is 1.54. The predicted molar refractivity (Wildman–Crippen MR) is 124 cm³/mol. The minimum atomic E-state index is -0.345. The summed E-state index contributed by atoms with van der Waals surface area (Å²) in [4.78, 5) is 16.3. The maximum atomic E-state index is 12.2. The Morgan fingerprint density at radius 3 is 2.16 bits per heavy atom. The van der Waals surface area contributed by atoms with E-state index in [1.807, 2.05) is 70.7 Å². The Kier molecular flexibility index (Phi) is 10.4. The lowest BCUT2D eigenvalue weighted by Crippen LogP contribution is -2.40. The standard InChI is InChI=1S/C25H39N3O3/c1-21(2)27-24(29)25(3,4)14-6-9-19-31-23-12-10-22(11-13-23)30-18-8-5-7-16-28-17-15-26-20-28/h10-13,15,17,20-21H,5-9,14,16,18-19H2,1-4H3,(H,27,29). The molecule has 0 aliphatic heterocycles. The molecule has 6 nitrogen and oxygen atoms in total. The minimum Gasteiger partial charge on any atom is -0.494 e. The van der Waals surface area contributed by atoms with Gasteiger partial charge in [0.15, 0.2) is 0 Å². The van der Waals surface area contributed by atoms with E-state index in [1.165, 1.54) is 0 Å². The third-order valence-corrected chi connectivity index (χ3v) is 5.21. The second kappa shape index (κ2) is 13.0. The van der Waals surface area contributed by atoms with Crippen molar-refractivity contribution in [1.82, 2.24) is 14.9 Å². The number of carbonyl (C=O) groups is 1. The predicted octanol–water partition coefficient (Wildman–Crippen LogP) is 5.23. The normalized spacial score (nSPS) is 11.5. The van der Waals surface area contributed by atoms with Crippen LogP contribution in [0.25, 0.3) is 0 Å². The van der Waals surface area contributed by atoms with Gasteiger partial charge in [-0.3, -0.25) is 4.79 Å². The van der Waals surface area contributed by atoms with Crippen molar-refractivity contribution in [2.75, 3.05) is 13.2 Å². The van der Waals surface area contributed by atoms with Crippen molar-refractivity contribution in [3.8, 4) is 11.5 Å². The molecule has 0 aliphatic carbocycles. The van der Waals surface area contributed by atoms with Gasteiger partial charge in [-0.25, -0.2) is 4.98 Å². The van der Waals surface area contributed by atoms with E-state index in [1.54, 1.807) is 0 Å². The van der Waals surface area contributed by atoms with E-state index in [4.69, 9.17) is 9.47 Å². The van der Waals surface area contributed by atoms with E-state index in [2.05, 4.69) is 14.9 Å². The molecule has 1 heterocycles. The van der Waals surface area contributed by atoms with Crippen LogP contribution in [0.5, 0.6) is 11.5 Å². The monoisotopic (exact) mass is 429 g/mol. The molecule has 0 spiro atoms. The molecular formula is C25H39N3O3. The zero-order valence-electron chi connectivity index (χ0n) is 19.6. The zero-order valence-corrected chi connectivity index (χ0v) is 19.6. The number of rotatable bonds is 15. The smallest absolute Gasteiger partial charge is 0.225 e. The highest BCUT2D eigenvalue weighted by Gasteiger charge is 2.27. The molecule has 6 heteroatoms. The number of unbranched alkanes of at least 4 members (excludes halogenated alkanes) is 3. The van der Waals surface area contributed by atoms with Crippen molar-refractivity contribution in [1.29, 1.82) is 0 Å². The van der Waals surface area contributed by atoms with Gasteiger partial charge in [0.25, 0.3) is 0 Å². The summed E-state index contributed by atoms with van der Waals surface area (Å²) in [5.74, 6) is 1.85. The summed E-state index contributed by atoms with van der Waals surface area (Å²) in [5, 5.41) is 3.00. The molecule has 0 radical (unpaired) electrons. The van der Waals surface area contributed by atoms with E-state index in [0.29, 0.717) is 6.61 Å². The molecule has 0 saturated carbocycles. The Morgan fingerprint density at radius 2 is 1.61 bits per heavy atom. The lowest BCUT2D eigenvalue weighted by molar-refractivity contribution is -0.130. The number of benzene rings is 1. The maximum Gasteiger partial charge on any atom is 0.225 e. The highest BCUT2D eigenvalue weighted by molar-refractivity contribution is 5.81. The largest absolute Gasteiger partial charge is 0.494 e. The molecule has 2 rings (SSSR count). The van der Waals surface area contributed by atoms with Crippen LogP contribution in [0.3, 0.4) is 0 Å². The Bertz CT molecular complexity index is 740. The summed E-state index contributed by atoms with van der Waals surface area (Å²) in [7, 11) is 0. The average Bonchev–Trinajstić information content (AvgIpc) is 3.24. The number of aryl methyl sites for hydroxylation is 1. The van der Waals surface area contributed by atoms with Gasteiger partial charge in [-0.2, -0.15) is 0 Å². The second-order valence-corrected chi connectivity index (χ2v) is 9.00. The van der Waals surface area contributed by atoms with Crippen LogP contribution in [0.1, 0.15) is 66.2 Å². The fourth-order valence-corrected chi connectivity index (χ4v) is 3.24. The van der Waals surface area contributed by atoms with Crippen LogP contribution in [-0.2, 0) is 11.3 Å². The van der Waals surface area contributed by atoms with Gasteiger partial charge in [0.1, 0.15) is 11.5 Å². The molecule has 31 heavy (non-hydrogen) atoms. The number of nitrogens with zero attached hydrogens (tertiary/aromatic N) is 2. The number of amides is 1. The van der Waals surface area contributed by atoms with Crippen LogP contribution < -0.4 is 14.8 Å². The number of aromatic nitrogens is 2. The van der Waals surface area contributed by atoms with Crippen molar-refractivity contribution in [2.24, 2.45) is 5.41 Å². The van der Waals surface area contributed by atoms with Crippen LogP contribution in [0.2, 0.25) is 0 Å². The minimum absolute atomic E-state index is 0.122. The Hall–Kier alpha value is -2.50. The lowest BCUT2D eigenvalue weighted by Gasteiger charge is -2.25. The molecule has 0 aliphatic rings. The number of imidazole rings is 1. The first kappa shape index (κ1) is 24.8. The van der Waals surface area contributed by atoms with Gasteiger partial charge in [-0.1, -0.05) is 13.8 Å². The van der Waals surface area contributed by atoms with Crippen LogP contribution in [0.15, 0.2) is 43.0 Å². The van der Waals surface area contributed by atoms with Crippen LogP contribution in [0.4, 0.5) is 0 Å². The molecule has 1 amide bonds. The molecule has 0 saturated heterocycles. The Labute approximate surface area is 187 Å². The molecule has 1 N–H and O–H groups in total. The summed E-state index contributed by atoms with van der Waals surface area (Å²) in [5.41, 5.74) is -0.345. The van der Waals surface area contributed by atoms with E-state index in [0.717, 1.165) is 63.2 Å². The zero-order chi connectivity index (χ0) is 22.5. The topological polar surface area (TPSA) is 65.4 Å². The number of nitrogens with one attached hydrogen (secondary N) is 1. The summed E-state index contributed by atoms with van der Waals surface area (Å²) in [6, 6.07) is 8.00. The van der Waals surface area contributed by atoms with Crippen molar-refractivity contribution in [3.63, 3.8) is 0 Å². The van der Waals surface area contributed by atoms with E-state index >= 15 is 0 Å². The van der Waals surface area contributed by atoms with Crippen molar-refractivity contribution in [2.45, 2.75) is 78.8 Å². The average molecular weight is 430 g/mol. The van der Waals surface area contributed by atoms with Crippen LogP contribution >= 0.6 is 0 Å². The number of carbonyl (C=O) groups excluding carboxylic acids is 1. The van der Waals surface area contributed by atoms with E-state index in [9.17, 15) is 4.79 Å². The van der Waals surface area contributed by atoms with Gasteiger partial charge in [-0.15, -0.1) is 0 Å². The molecule has 1 aromatic carbocycles. The first-order valence-corrected chi connectivity index (χ1v) is 11.5. The fourth-order valence-electron chi connectivity index (χ4n) is 3.24. The first-order chi connectivity index (χ1) is 14.9. The van der Waals surface area contributed by atoms with Crippen LogP contribution in [0, 0.1) is 5.41 Å². The van der Waals surface area contributed by atoms with Gasteiger partial charge < -0.3 is 19.4 Å². The summed E-state index contributed by atoms with van der Waals surface area (Å²) < 4.78 is 13.7. The molecular weight excluding hydrogens is 390 g/mol. The third-order valence-electron chi connectivity index (χ3n) is 5.21. The maximum absolute atomic E-state index is 12.2. The molecule has 172 valence electrons. The van der Waals surface area contributed by atoms with E-state index in [-0.39, 0.29) is 17.4 Å². The number of ether oxygens (including phenoxy) is 2. The summed E-state index contributed by atoms with van der Waals surface area (Å²) in [6.07, 6.45) is 11.7. The van der Waals surface area contributed by atoms with Crippen LogP contribution in [-0.4, -0.2) is 34.7 Å². The molecule has 0 unspecified atom stereocenters. The van der Waals surface area contributed by atoms with Gasteiger partial charge >= 0.3 is 0 Å². The summed E-state index contributed by atoms with van der Waals surface area (Å²) in [6.45, 7) is 10.4. The van der Waals surface area contributed by atoms with Gasteiger partial charge in [0.2, 0.25) is 5.91 Å². The molecule has 1 aromatic heterocycles.